The SMILES string of the molecule is CN=C(NCc1noc(C)n1)NC(C)c1cc(OC)ccc1OC. The molecule has 1 unspecified atom stereocenters. The Kier molecular flexibility index (Phi) is 6.00. The second-order valence-electron chi connectivity index (χ2n) is 5.13. The molecule has 0 fully saturated rings. The first-order valence-corrected chi connectivity index (χ1v) is 7.55. The van der Waals surface area contributed by atoms with Crippen LogP contribution in [0.2, 0.25) is 0 Å². The van der Waals surface area contributed by atoms with Gasteiger partial charge in [0.2, 0.25) is 5.89 Å². The standard InChI is InChI=1S/C16H23N5O3/c1-10(13-8-12(22-4)6-7-14(13)23-5)19-16(17-3)18-9-15-20-11(2)24-21-15/h6-8,10H,9H2,1-5H3,(H2,17,18,19). The van der Waals surface area contributed by atoms with Gasteiger partial charge in [0, 0.05) is 19.5 Å². The fourth-order valence-electron chi connectivity index (χ4n) is 2.23. The number of benzene rings is 1. The molecule has 0 radical (unpaired) electrons. The zero-order chi connectivity index (χ0) is 17.5. The quantitative estimate of drug-likeness (QED) is 0.615. The molecule has 0 aliphatic carbocycles. The predicted molar refractivity (Wildman–Crippen MR) is 90.3 cm³/mol. The van der Waals surface area contributed by atoms with Gasteiger partial charge in [-0.25, -0.2) is 0 Å². The van der Waals surface area contributed by atoms with Crippen LogP contribution in [-0.2, 0) is 6.54 Å². The summed E-state index contributed by atoms with van der Waals surface area (Å²) >= 11 is 0. The van der Waals surface area contributed by atoms with Crippen molar-refractivity contribution in [3.8, 4) is 11.5 Å². The fourth-order valence-corrected chi connectivity index (χ4v) is 2.23. The minimum atomic E-state index is -0.0479. The molecule has 0 saturated carbocycles. The molecule has 8 heteroatoms. The van der Waals surface area contributed by atoms with Crippen molar-refractivity contribution in [3.63, 3.8) is 0 Å². The molecule has 0 saturated heterocycles. The van der Waals surface area contributed by atoms with Crippen molar-refractivity contribution in [2.45, 2.75) is 26.4 Å². The summed E-state index contributed by atoms with van der Waals surface area (Å²) in [6.07, 6.45) is 0. The van der Waals surface area contributed by atoms with E-state index < -0.39 is 0 Å². The average Bonchev–Trinajstić information content (AvgIpc) is 3.03. The molecule has 0 aliphatic heterocycles. The van der Waals surface area contributed by atoms with E-state index in [2.05, 4.69) is 25.8 Å². The number of aliphatic imine (C=N–C) groups is 1. The number of nitrogens with zero attached hydrogens (tertiary/aromatic N) is 3. The Balaban J connectivity index is 2.04. The molecule has 0 amide bonds. The molecule has 1 atom stereocenters. The predicted octanol–water partition coefficient (Wildman–Crippen LogP) is 1.82. The van der Waals surface area contributed by atoms with Crippen LogP contribution in [0.5, 0.6) is 11.5 Å². The van der Waals surface area contributed by atoms with E-state index in [-0.39, 0.29) is 6.04 Å². The van der Waals surface area contributed by atoms with Gasteiger partial charge in [-0.05, 0) is 25.1 Å². The van der Waals surface area contributed by atoms with E-state index in [1.54, 1.807) is 28.2 Å². The van der Waals surface area contributed by atoms with Gasteiger partial charge in [0.15, 0.2) is 11.8 Å². The normalized spacial score (nSPS) is 12.6. The third-order valence-electron chi connectivity index (χ3n) is 3.46. The van der Waals surface area contributed by atoms with Crippen molar-refractivity contribution in [2.75, 3.05) is 21.3 Å². The number of guanidine groups is 1. The number of aryl methyl sites for hydroxylation is 1. The van der Waals surface area contributed by atoms with Crippen molar-refractivity contribution in [1.82, 2.24) is 20.8 Å². The van der Waals surface area contributed by atoms with Crippen molar-refractivity contribution in [2.24, 2.45) is 4.99 Å². The number of rotatable bonds is 6. The molecular weight excluding hydrogens is 310 g/mol. The van der Waals surface area contributed by atoms with E-state index >= 15 is 0 Å². The van der Waals surface area contributed by atoms with Gasteiger partial charge in [0.1, 0.15) is 11.5 Å². The molecular formula is C16H23N5O3. The third-order valence-corrected chi connectivity index (χ3v) is 3.46. The maximum atomic E-state index is 5.42. The van der Waals surface area contributed by atoms with Gasteiger partial charge in [0.25, 0.3) is 0 Å². The van der Waals surface area contributed by atoms with Gasteiger partial charge in [-0.15, -0.1) is 0 Å². The van der Waals surface area contributed by atoms with Crippen LogP contribution < -0.4 is 20.1 Å². The topological polar surface area (TPSA) is 93.8 Å². The summed E-state index contributed by atoms with van der Waals surface area (Å²) < 4.78 is 15.7. The molecule has 0 spiro atoms. The molecule has 2 aromatic rings. The zero-order valence-corrected chi connectivity index (χ0v) is 14.6. The Labute approximate surface area is 141 Å². The maximum absolute atomic E-state index is 5.42. The number of methoxy groups -OCH3 is 2. The van der Waals surface area contributed by atoms with Gasteiger partial charge < -0.3 is 24.6 Å². The number of hydrogen-bond donors (Lipinski definition) is 2. The highest BCUT2D eigenvalue weighted by atomic mass is 16.5. The molecule has 0 aliphatic rings. The van der Waals surface area contributed by atoms with E-state index in [0.717, 1.165) is 17.1 Å². The molecule has 2 rings (SSSR count). The van der Waals surface area contributed by atoms with Gasteiger partial charge in [-0.1, -0.05) is 5.16 Å². The summed E-state index contributed by atoms with van der Waals surface area (Å²) in [5.41, 5.74) is 0.968. The highest BCUT2D eigenvalue weighted by Crippen LogP contribution is 2.29. The molecule has 130 valence electrons. The van der Waals surface area contributed by atoms with Crippen LogP contribution in [0.4, 0.5) is 0 Å². The van der Waals surface area contributed by atoms with Crippen LogP contribution in [0.25, 0.3) is 0 Å². The summed E-state index contributed by atoms with van der Waals surface area (Å²) in [4.78, 5) is 8.35. The number of nitrogens with one attached hydrogen (secondary N) is 2. The molecule has 1 aromatic heterocycles. The number of hydrogen-bond acceptors (Lipinski definition) is 6. The lowest BCUT2D eigenvalue weighted by Gasteiger charge is -2.20. The van der Waals surface area contributed by atoms with E-state index in [9.17, 15) is 0 Å². The van der Waals surface area contributed by atoms with E-state index in [1.807, 2.05) is 25.1 Å². The smallest absolute Gasteiger partial charge is 0.223 e. The van der Waals surface area contributed by atoms with Crippen LogP contribution >= 0.6 is 0 Å². The summed E-state index contributed by atoms with van der Waals surface area (Å²) in [7, 11) is 4.98. The van der Waals surface area contributed by atoms with Crippen molar-refractivity contribution in [3.05, 3.63) is 35.5 Å². The zero-order valence-electron chi connectivity index (χ0n) is 14.6. The van der Waals surface area contributed by atoms with Crippen LogP contribution in [0.3, 0.4) is 0 Å². The van der Waals surface area contributed by atoms with E-state index in [4.69, 9.17) is 14.0 Å². The lowest BCUT2D eigenvalue weighted by molar-refractivity contribution is 0.386. The molecule has 1 aromatic carbocycles. The molecule has 1 heterocycles. The first-order valence-electron chi connectivity index (χ1n) is 7.55. The summed E-state index contributed by atoms with van der Waals surface area (Å²) in [5.74, 6) is 3.27. The van der Waals surface area contributed by atoms with E-state index in [0.29, 0.717) is 24.2 Å². The Morgan fingerprint density at radius 2 is 2.12 bits per heavy atom. The lowest BCUT2D eigenvalue weighted by atomic mass is 10.1. The maximum Gasteiger partial charge on any atom is 0.223 e. The molecule has 8 nitrogen and oxygen atoms in total. The van der Waals surface area contributed by atoms with Crippen molar-refractivity contribution < 1.29 is 14.0 Å². The van der Waals surface area contributed by atoms with Gasteiger partial charge in [0.05, 0.1) is 26.8 Å². The van der Waals surface area contributed by atoms with Crippen LogP contribution in [-0.4, -0.2) is 37.4 Å². The lowest BCUT2D eigenvalue weighted by Crippen LogP contribution is -2.38. The Hall–Kier alpha value is -2.77. The Morgan fingerprint density at radius 1 is 1.33 bits per heavy atom. The second-order valence-corrected chi connectivity index (χ2v) is 5.13. The number of aromatic nitrogens is 2. The van der Waals surface area contributed by atoms with E-state index in [1.165, 1.54) is 0 Å². The highest BCUT2D eigenvalue weighted by molar-refractivity contribution is 5.80. The average molecular weight is 333 g/mol. The molecule has 2 N–H and O–H groups in total. The van der Waals surface area contributed by atoms with Gasteiger partial charge >= 0.3 is 0 Å². The van der Waals surface area contributed by atoms with Gasteiger partial charge in [-0.3, -0.25) is 4.99 Å². The highest BCUT2D eigenvalue weighted by Gasteiger charge is 2.14. The van der Waals surface area contributed by atoms with Crippen LogP contribution in [0.15, 0.2) is 27.7 Å². The first kappa shape index (κ1) is 17.6. The molecule has 24 heavy (non-hydrogen) atoms. The largest absolute Gasteiger partial charge is 0.497 e. The monoisotopic (exact) mass is 333 g/mol. The minimum Gasteiger partial charge on any atom is -0.497 e. The van der Waals surface area contributed by atoms with Crippen molar-refractivity contribution in [1.29, 1.82) is 0 Å². The van der Waals surface area contributed by atoms with Crippen molar-refractivity contribution >= 4 is 5.96 Å². The van der Waals surface area contributed by atoms with Crippen LogP contribution in [0.1, 0.15) is 30.2 Å². The van der Waals surface area contributed by atoms with Gasteiger partial charge in [-0.2, -0.15) is 4.98 Å². The minimum absolute atomic E-state index is 0.0479. The van der Waals surface area contributed by atoms with Crippen LogP contribution in [0, 0.1) is 6.92 Å². The summed E-state index contributed by atoms with van der Waals surface area (Å²) in [6.45, 7) is 4.18. The molecule has 0 bridgehead atoms. The first-order chi connectivity index (χ1) is 11.6. The second kappa shape index (κ2) is 8.19. The Morgan fingerprint density at radius 3 is 2.71 bits per heavy atom. The summed E-state index contributed by atoms with van der Waals surface area (Å²) in [6, 6.07) is 5.63. The number of ether oxygens (including phenoxy) is 2. The Bertz CT molecular complexity index is 699. The fraction of sp³-hybridized carbons (Fsp3) is 0.438. The summed E-state index contributed by atoms with van der Waals surface area (Å²) in [5, 5.41) is 10.3. The third kappa shape index (κ3) is 4.37.